The first-order valence-electron chi connectivity index (χ1n) is 8.86. The number of nitrogens with zero attached hydrogens (tertiary/aromatic N) is 3. The van der Waals surface area contributed by atoms with Crippen LogP contribution in [0.25, 0.3) is 0 Å². The lowest BCUT2D eigenvalue weighted by molar-refractivity contribution is -0.125. The third kappa shape index (κ3) is 3.25. The largest absolute Gasteiger partial charge is 0.361 e. The molecule has 3 amide bonds. The number of nitrogens with one attached hydrogen (secondary N) is 3. The van der Waals surface area contributed by atoms with Crippen LogP contribution in [0.4, 0.5) is 4.79 Å². The first kappa shape index (κ1) is 18.2. The number of carbonyl (C=O) groups is 2. The zero-order valence-electron chi connectivity index (χ0n) is 15.7. The van der Waals surface area contributed by atoms with Crippen LogP contribution in [0.2, 0.25) is 0 Å². The number of guanidine groups is 1. The van der Waals surface area contributed by atoms with Crippen LogP contribution in [0.5, 0.6) is 0 Å². The lowest BCUT2D eigenvalue weighted by Gasteiger charge is -2.39. The summed E-state index contributed by atoms with van der Waals surface area (Å²) < 4.78 is 5.19. The molecule has 9 heteroatoms. The van der Waals surface area contributed by atoms with E-state index in [0.717, 1.165) is 48.9 Å². The number of hydrogen-bond acceptors (Lipinski definition) is 5. The molecule has 0 aromatic carbocycles. The van der Waals surface area contributed by atoms with Crippen molar-refractivity contribution in [2.75, 3.05) is 20.1 Å². The van der Waals surface area contributed by atoms with Gasteiger partial charge in [-0.3, -0.25) is 15.1 Å². The highest BCUT2D eigenvalue weighted by molar-refractivity contribution is 6.07. The number of aliphatic imine (C=N–C) groups is 1. The maximum absolute atomic E-state index is 12.1. The van der Waals surface area contributed by atoms with E-state index in [4.69, 9.17) is 4.52 Å². The third-order valence-electron chi connectivity index (χ3n) is 5.50. The number of aryl methyl sites for hydroxylation is 2. The lowest BCUT2D eigenvalue weighted by Crippen LogP contribution is -2.55. The molecule has 1 unspecified atom stereocenters. The minimum atomic E-state index is -0.823. The van der Waals surface area contributed by atoms with Crippen molar-refractivity contribution in [2.24, 2.45) is 10.9 Å². The molecule has 0 radical (unpaired) electrons. The van der Waals surface area contributed by atoms with E-state index in [9.17, 15) is 9.59 Å². The standard InChI is InChI=1S/C17H26N6O3/c1-10-13(11(2)26-22-10)9-19-15(18-4)23-7-5-12(6-8-23)17(3)14(24)20-16(25)21-17/h12H,5-9H2,1-4H3,(H,18,19)(H2,20,21,24,25). The molecule has 1 atom stereocenters. The van der Waals surface area contributed by atoms with Gasteiger partial charge in [-0.25, -0.2) is 4.79 Å². The second kappa shape index (κ2) is 6.97. The molecular formula is C17H26N6O3. The predicted octanol–water partition coefficient (Wildman–Crippen LogP) is 0.677. The number of likely N-dealkylation sites (tertiary alicyclic amines) is 1. The summed E-state index contributed by atoms with van der Waals surface area (Å²) in [4.78, 5) is 30.1. The Kier molecular flexibility index (Phi) is 4.88. The van der Waals surface area contributed by atoms with Gasteiger partial charge < -0.3 is 20.1 Å². The fourth-order valence-corrected chi connectivity index (χ4v) is 3.77. The number of urea groups is 1. The summed E-state index contributed by atoms with van der Waals surface area (Å²) in [5.74, 6) is 1.49. The molecule has 0 bridgehead atoms. The Morgan fingerprint density at radius 1 is 1.38 bits per heavy atom. The maximum Gasteiger partial charge on any atom is 0.322 e. The van der Waals surface area contributed by atoms with Gasteiger partial charge in [-0.15, -0.1) is 0 Å². The van der Waals surface area contributed by atoms with Crippen molar-refractivity contribution in [3.8, 4) is 0 Å². The first-order chi connectivity index (χ1) is 12.3. The van der Waals surface area contributed by atoms with E-state index < -0.39 is 11.6 Å². The number of carbonyl (C=O) groups excluding carboxylic acids is 2. The average Bonchev–Trinajstić information content (AvgIpc) is 3.08. The van der Waals surface area contributed by atoms with Crippen molar-refractivity contribution >= 4 is 17.9 Å². The summed E-state index contributed by atoms with van der Waals surface area (Å²) in [6.07, 6.45) is 1.60. The maximum atomic E-state index is 12.1. The second-order valence-electron chi connectivity index (χ2n) is 7.08. The van der Waals surface area contributed by atoms with Crippen molar-refractivity contribution in [3.05, 3.63) is 17.0 Å². The summed E-state index contributed by atoms with van der Waals surface area (Å²) in [6, 6.07) is -0.406. The minimum Gasteiger partial charge on any atom is -0.361 e. The number of amides is 3. The fraction of sp³-hybridized carbons (Fsp3) is 0.647. The summed E-state index contributed by atoms with van der Waals surface area (Å²) in [7, 11) is 1.76. The molecule has 2 fully saturated rings. The van der Waals surface area contributed by atoms with E-state index in [1.54, 1.807) is 14.0 Å². The van der Waals surface area contributed by atoms with Gasteiger partial charge in [-0.05, 0) is 39.5 Å². The Hall–Kier alpha value is -2.58. The molecule has 1 aromatic rings. The van der Waals surface area contributed by atoms with Crippen LogP contribution in [-0.4, -0.2) is 53.6 Å². The molecule has 2 saturated heterocycles. The predicted molar refractivity (Wildman–Crippen MR) is 95.6 cm³/mol. The molecule has 0 aliphatic carbocycles. The van der Waals surface area contributed by atoms with Crippen LogP contribution in [0.1, 0.15) is 36.8 Å². The highest BCUT2D eigenvalue weighted by Crippen LogP contribution is 2.30. The van der Waals surface area contributed by atoms with Crippen molar-refractivity contribution in [2.45, 2.75) is 45.7 Å². The zero-order valence-corrected chi connectivity index (χ0v) is 15.7. The van der Waals surface area contributed by atoms with Gasteiger partial charge in [0.2, 0.25) is 0 Å². The Morgan fingerprint density at radius 2 is 2.08 bits per heavy atom. The second-order valence-corrected chi connectivity index (χ2v) is 7.08. The van der Waals surface area contributed by atoms with Crippen LogP contribution in [0, 0.1) is 19.8 Å². The van der Waals surface area contributed by atoms with Gasteiger partial charge in [0.25, 0.3) is 5.91 Å². The average molecular weight is 362 g/mol. The van der Waals surface area contributed by atoms with Gasteiger partial charge in [-0.1, -0.05) is 5.16 Å². The smallest absolute Gasteiger partial charge is 0.322 e. The quantitative estimate of drug-likeness (QED) is 0.414. The molecule has 0 saturated carbocycles. The van der Waals surface area contributed by atoms with Crippen molar-refractivity contribution in [1.29, 1.82) is 0 Å². The molecule has 2 aliphatic rings. The molecule has 3 rings (SSSR count). The highest BCUT2D eigenvalue weighted by atomic mass is 16.5. The SMILES string of the molecule is CN=C(NCc1c(C)noc1C)N1CCC(C2(C)NC(=O)NC2=O)CC1. The van der Waals surface area contributed by atoms with Crippen LogP contribution >= 0.6 is 0 Å². The van der Waals surface area contributed by atoms with E-state index in [-0.39, 0.29) is 11.8 Å². The molecular weight excluding hydrogens is 336 g/mol. The number of piperidine rings is 1. The van der Waals surface area contributed by atoms with Crippen LogP contribution in [0.15, 0.2) is 9.52 Å². The molecule has 9 nitrogen and oxygen atoms in total. The van der Waals surface area contributed by atoms with Gasteiger partial charge in [0.15, 0.2) is 5.96 Å². The van der Waals surface area contributed by atoms with Crippen molar-refractivity contribution < 1.29 is 14.1 Å². The van der Waals surface area contributed by atoms with Gasteiger partial charge in [0.05, 0.1) is 5.69 Å². The minimum absolute atomic E-state index is 0.103. The number of rotatable bonds is 3. The number of aromatic nitrogens is 1. The molecule has 0 spiro atoms. The van der Waals surface area contributed by atoms with Gasteiger partial charge in [-0.2, -0.15) is 0 Å². The van der Waals surface area contributed by atoms with Gasteiger partial charge in [0.1, 0.15) is 11.3 Å². The van der Waals surface area contributed by atoms with E-state index in [1.165, 1.54) is 0 Å². The normalized spacial score (nSPS) is 24.6. The van der Waals surface area contributed by atoms with E-state index in [0.29, 0.717) is 6.54 Å². The summed E-state index contributed by atoms with van der Waals surface area (Å²) >= 11 is 0. The molecule has 3 N–H and O–H groups in total. The molecule has 26 heavy (non-hydrogen) atoms. The first-order valence-corrected chi connectivity index (χ1v) is 8.86. The Balaban J connectivity index is 1.58. The molecule has 1 aromatic heterocycles. The van der Waals surface area contributed by atoms with E-state index in [2.05, 4.69) is 31.0 Å². The number of imide groups is 1. The Morgan fingerprint density at radius 3 is 2.58 bits per heavy atom. The van der Waals surface area contributed by atoms with E-state index in [1.807, 2.05) is 13.8 Å². The van der Waals surface area contributed by atoms with Crippen LogP contribution < -0.4 is 16.0 Å². The molecule has 2 aliphatic heterocycles. The Labute approximate surface area is 152 Å². The number of hydrogen-bond donors (Lipinski definition) is 3. The zero-order chi connectivity index (χ0) is 18.9. The topological polar surface area (TPSA) is 112 Å². The van der Waals surface area contributed by atoms with Gasteiger partial charge >= 0.3 is 6.03 Å². The Bertz CT molecular complexity index is 715. The summed E-state index contributed by atoms with van der Waals surface area (Å²) in [5.41, 5.74) is 1.09. The highest BCUT2D eigenvalue weighted by Gasteiger charge is 2.48. The monoisotopic (exact) mass is 362 g/mol. The van der Waals surface area contributed by atoms with Gasteiger partial charge in [0, 0.05) is 32.2 Å². The van der Waals surface area contributed by atoms with Crippen LogP contribution in [-0.2, 0) is 11.3 Å². The molecule has 3 heterocycles. The lowest BCUT2D eigenvalue weighted by atomic mass is 9.79. The summed E-state index contributed by atoms with van der Waals surface area (Å²) in [6.45, 7) is 7.76. The van der Waals surface area contributed by atoms with Crippen molar-refractivity contribution in [3.63, 3.8) is 0 Å². The third-order valence-corrected chi connectivity index (χ3v) is 5.50. The fourth-order valence-electron chi connectivity index (χ4n) is 3.77. The summed E-state index contributed by atoms with van der Waals surface area (Å²) in [5, 5.41) is 12.5. The van der Waals surface area contributed by atoms with Crippen LogP contribution in [0.3, 0.4) is 0 Å². The van der Waals surface area contributed by atoms with E-state index >= 15 is 0 Å². The van der Waals surface area contributed by atoms with Crippen molar-refractivity contribution in [1.82, 2.24) is 26.0 Å². The molecule has 142 valence electrons.